The number of para-hydroxylation sites is 1. The van der Waals surface area contributed by atoms with E-state index in [0.29, 0.717) is 25.6 Å². The molecule has 2 aliphatic heterocycles. The molecule has 1 saturated carbocycles. The summed E-state index contributed by atoms with van der Waals surface area (Å²) in [5.41, 5.74) is 0.853. The first-order valence-corrected chi connectivity index (χ1v) is 11.9. The number of fused-ring (bicyclic) bond motifs is 1. The maximum atomic E-state index is 12.7. The van der Waals surface area contributed by atoms with Crippen molar-refractivity contribution in [3.05, 3.63) is 52.2 Å². The normalized spacial score (nSPS) is 22.7. The number of hydrogen-bond donors (Lipinski definition) is 1. The highest BCUT2D eigenvalue weighted by molar-refractivity contribution is 7.12. The minimum atomic E-state index is -0.290. The van der Waals surface area contributed by atoms with Crippen molar-refractivity contribution in [3.63, 3.8) is 0 Å². The molecule has 3 heterocycles. The Balaban J connectivity index is 1.29. The molecule has 2 amide bonds. The predicted molar refractivity (Wildman–Crippen MR) is 117 cm³/mol. The van der Waals surface area contributed by atoms with Crippen LogP contribution in [0.25, 0.3) is 0 Å². The number of hydrogen-bond acceptors (Lipinski definition) is 4. The van der Waals surface area contributed by atoms with Crippen LogP contribution in [-0.2, 0) is 4.79 Å². The van der Waals surface area contributed by atoms with Gasteiger partial charge in [0.15, 0.2) is 0 Å². The number of ether oxygens (including phenoxy) is 1. The van der Waals surface area contributed by atoms with Gasteiger partial charge in [0.2, 0.25) is 5.91 Å². The number of nitrogens with one attached hydrogen (secondary N) is 1. The lowest BCUT2D eigenvalue weighted by molar-refractivity contribution is -0.123. The molecule has 0 radical (unpaired) electrons. The van der Waals surface area contributed by atoms with E-state index in [1.54, 1.807) is 0 Å². The summed E-state index contributed by atoms with van der Waals surface area (Å²) >= 11 is 1.49. The van der Waals surface area contributed by atoms with Crippen LogP contribution in [-0.4, -0.2) is 41.4 Å². The second-order valence-corrected chi connectivity index (χ2v) is 9.84. The maximum Gasteiger partial charge on any atom is 0.263 e. The molecule has 1 spiro atoms. The zero-order valence-electron chi connectivity index (χ0n) is 17.1. The van der Waals surface area contributed by atoms with Gasteiger partial charge in [-0.1, -0.05) is 24.3 Å². The number of piperidine rings is 1. The summed E-state index contributed by atoms with van der Waals surface area (Å²) in [4.78, 5) is 28.1. The number of likely N-dealkylation sites (tertiary alicyclic amines) is 1. The molecule has 5 nitrogen and oxygen atoms in total. The van der Waals surface area contributed by atoms with Crippen molar-refractivity contribution in [2.45, 2.75) is 62.5 Å². The molecule has 0 unspecified atom stereocenters. The molecule has 0 bridgehead atoms. The van der Waals surface area contributed by atoms with E-state index >= 15 is 0 Å². The molecule has 3 aliphatic rings. The van der Waals surface area contributed by atoms with Crippen molar-refractivity contribution in [1.82, 2.24) is 10.2 Å². The molecule has 5 rings (SSSR count). The minimum Gasteiger partial charge on any atom is -0.487 e. The first-order chi connectivity index (χ1) is 14.6. The third-order valence-corrected chi connectivity index (χ3v) is 7.76. The van der Waals surface area contributed by atoms with Gasteiger partial charge in [-0.15, -0.1) is 11.3 Å². The molecule has 1 aromatic carbocycles. The van der Waals surface area contributed by atoms with E-state index in [2.05, 4.69) is 11.4 Å². The maximum absolute atomic E-state index is 12.7. The molecule has 30 heavy (non-hydrogen) atoms. The lowest BCUT2D eigenvalue weighted by atomic mass is 9.76. The molecule has 6 heteroatoms. The topological polar surface area (TPSA) is 58.6 Å². The van der Waals surface area contributed by atoms with Gasteiger partial charge in [0.25, 0.3) is 5.91 Å². The van der Waals surface area contributed by atoms with Crippen molar-refractivity contribution < 1.29 is 14.3 Å². The van der Waals surface area contributed by atoms with E-state index in [1.165, 1.54) is 17.8 Å². The van der Waals surface area contributed by atoms with E-state index < -0.39 is 0 Å². The van der Waals surface area contributed by atoms with Crippen molar-refractivity contribution in [2.24, 2.45) is 0 Å². The Morgan fingerprint density at radius 2 is 1.93 bits per heavy atom. The summed E-state index contributed by atoms with van der Waals surface area (Å²) in [7, 11) is 0. The van der Waals surface area contributed by atoms with Crippen LogP contribution in [0.2, 0.25) is 0 Å². The molecule has 158 valence electrons. The van der Waals surface area contributed by atoms with Crippen LogP contribution in [0.5, 0.6) is 5.75 Å². The SMILES string of the molecule is O=C(C[C@@H]1CC2(CCN(C(=O)c3cccs3)CC2)Oc2ccccc21)NC1CCC1. The zero-order valence-corrected chi connectivity index (χ0v) is 18.0. The Labute approximate surface area is 181 Å². The lowest BCUT2D eigenvalue weighted by Crippen LogP contribution is -2.52. The molecule has 1 atom stereocenters. The van der Waals surface area contributed by atoms with Gasteiger partial charge in [-0.3, -0.25) is 9.59 Å². The molecule has 2 aromatic rings. The molecule has 1 N–H and O–H groups in total. The van der Waals surface area contributed by atoms with E-state index in [-0.39, 0.29) is 23.3 Å². The van der Waals surface area contributed by atoms with Gasteiger partial charge in [-0.05, 0) is 48.8 Å². The summed E-state index contributed by atoms with van der Waals surface area (Å²) in [6.45, 7) is 1.39. The van der Waals surface area contributed by atoms with Gasteiger partial charge in [0.05, 0.1) is 4.88 Å². The largest absolute Gasteiger partial charge is 0.487 e. The van der Waals surface area contributed by atoms with E-state index in [9.17, 15) is 9.59 Å². The molecule has 2 fully saturated rings. The number of nitrogens with zero attached hydrogens (tertiary/aromatic N) is 1. The molecule has 1 aromatic heterocycles. The van der Waals surface area contributed by atoms with Crippen molar-refractivity contribution in [1.29, 1.82) is 0 Å². The van der Waals surface area contributed by atoms with Crippen LogP contribution in [0, 0.1) is 0 Å². The van der Waals surface area contributed by atoms with E-state index in [4.69, 9.17) is 4.74 Å². The molecular formula is C24H28N2O3S. The highest BCUT2D eigenvalue weighted by atomic mass is 32.1. The Morgan fingerprint density at radius 1 is 1.13 bits per heavy atom. The number of rotatable bonds is 4. The van der Waals surface area contributed by atoms with Gasteiger partial charge in [0, 0.05) is 44.3 Å². The lowest BCUT2D eigenvalue weighted by Gasteiger charge is -2.47. The number of amides is 2. The highest BCUT2D eigenvalue weighted by Crippen LogP contribution is 2.46. The Morgan fingerprint density at radius 3 is 2.63 bits per heavy atom. The van der Waals surface area contributed by atoms with Gasteiger partial charge in [-0.25, -0.2) is 0 Å². The average molecular weight is 425 g/mol. The summed E-state index contributed by atoms with van der Waals surface area (Å²) < 4.78 is 6.54. The Hall–Kier alpha value is -2.34. The molecule has 1 saturated heterocycles. The van der Waals surface area contributed by atoms with E-state index in [0.717, 1.165) is 48.3 Å². The predicted octanol–water partition coefficient (Wildman–Crippen LogP) is 4.35. The summed E-state index contributed by atoms with van der Waals surface area (Å²) in [5.74, 6) is 1.34. The zero-order chi connectivity index (χ0) is 20.6. The van der Waals surface area contributed by atoms with Crippen LogP contribution in [0.1, 0.15) is 66.1 Å². The number of carbonyl (C=O) groups is 2. The minimum absolute atomic E-state index is 0.118. The standard InChI is InChI=1S/C24H28N2O3S/c27-22(25-18-5-3-6-18)15-17-16-24(29-20-8-2-1-7-19(17)20)10-12-26(13-11-24)23(28)21-9-4-14-30-21/h1-2,4,7-9,14,17-18H,3,5-6,10-13,15-16H2,(H,25,27)/t17-/m1/s1. The summed E-state index contributed by atoms with van der Waals surface area (Å²) in [6.07, 6.45) is 6.38. The quantitative estimate of drug-likeness (QED) is 0.794. The van der Waals surface area contributed by atoms with Crippen LogP contribution in [0.15, 0.2) is 41.8 Å². The number of benzene rings is 1. The van der Waals surface area contributed by atoms with Crippen LogP contribution >= 0.6 is 11.3 Å². The fourth-order valence-electron chi connectivity index (χ4n) is 4.97. The molecule has 1 aliphatic carbocycles. The summed E-state index contributed by atoms with van der Waals surface area (Å²) in [5, 5.41) is 5.14. The Bertz CT molecular complexity index is 914. The second kappa shape index (κ2) is 8.06. The van der Waals surface area contributed by atoms with Gasteiger partial charge in [-0.2, -0.15) is 0 Å². The first-order valence-electron chi connectivity index (χ1n) is 11.0. The fourth-order valence-corrected chi connectivity index (χ4v) is 5.66. The van der Waals surface area contributed by atoms with Crippen molar-refractivity contribution in [3.8, 4) is 5.75 Å². The second-order valence-electron chi connectivity index (χ2n) is 8.89. The Kier molecular flexibility index (Phi) is 5.27. The van der Waals surface area contributed by atoms with Crippen LogP contribution in [0.3, 0.4) is 0 Å². The third-order valence-electron chi connectivity index (χ3n) is 6.90. The van der Waals surface area contributed by atoms with E-state index in [1.807, 2.05) is 40.6 Å². The van der Waals surface area contributed by atoms with Crippen molar-refractivity contribution >= 4 is 23.2 Å². The summed E-state index contributed by atoms with van der Waals surface area (Å²) in [6, 6.07) is 12.3. The number of thiophene rings is 1. The monoisotopic (exact) mass is 424 g/mol. The average Bonchev–Trinajstić information content (AvgIpc) is 3.26. The number of carbonyl (C=O) groups excluding carboxylic acids is 2. The highest BCUT2D eigenvalue weighted by Gasteiger charge is 2.44. The fraction of sp³-hybridized carbons (Fsp3) is 0.500. The van der Waals surface area contributed by atoms with Crippen molar-refractivity contribution in [2.75, 3.05) is 13.1 Å². The third kappa shape index (κ3) is 3.85. The van der Waals surface area contributed by atoms with Gasteiger partial charge < -0.3 is 15.0 Å². The van der Waals surface area contributed by atoms with Crippen LogP contribution in [0.4, 0.5) is 0 Å². The molecular weight excluding hydrogens is 396 g/mol. The van der Waals surface area contributed by atoms with Gasteiger partial charge in [0.1, 0.15) is 11.4 Å². The van der Waals surface area contributed by atoms with Crippen LogP contribution < -0.4 is 10.1 Å². The smallest absolute Gasteiger partial charge is 0.263 e. The first kappa shape index (κ1) is 19.6. The van der Waals surface area contributed by atoms with Gasteiger partial charge >= 0.3 is 0 Å².